The van der Waals surface area contributed by atoms with Crippen LogP contribution in [0.15, 0.2) is 77.0 Å². The molecule has 1 saturated heterocycles. The molecule has 1 aliphatic heterocycles. The van der Waals surface area contributed by atoms with Crippen LogP contribution in [0.4, 0.5) is 0 Å². The number of carbonyl (C=O) groups excluding carboxylic acids is 1. The number of piperidine rings is 1. The van der Waals surface area contributed by atoms with E-state index in [4.69, 9.17) is 0 Å². The molecule has 5 nitrogen and oxygen atoms in total. The first-order valence-electron chi connectivity index (χ1n) is 10.4. The van der Waals surface area contributed by atoms with Gasteiger partial charge >= 0.3 is 0 Å². The molecule has 4 rings (SSSR count). The lowest BCUT2D eigenvalue weighted by Crippen LogP contribution is -2.43. The normalized spacial score (nSPS) is 16.7. The molecule has 162 valence electrons. The lowest BCUT2D eigenvalue weighted by Gasteiger charge is -2.31. The van der Waals surface area contributed by atoms with Crippen molar-refractivity contribution in [3.05, 3.63) is 88.1 Å². The Hall–Kier alpha value is -2.48. The Balaban J connectivity index is 1.43. The maximum atomic E-state index is 13.1. The van der Waals surface area contributed by atoms with Gasteiger partial charge in [0.05, 0.1) is 10.9 Å². The van der Waals surface area contributed by atoms with Crippen LogP contribution in [0.25, 0.3) is 0 Å². The predicted molar refractivity (Wildman–Crippen MR) is 123 cm³/mol. The number of hydrogen-bond acceptors (Lipinski definition) is 4. The fourth-order valence-electron chi connectivity index (χ4n) is 3.89. The number of nitrogens with zero attached hydrogens (tertiary/aromatic N) is 1. The molecule has 1 unspecified atom stereocenters. The molecule has 1 fully saturated rings. The zero-order valence-corrected chi connectivity index (χ0v) is 19.0. The quantitative estimate of drug-likeness (QED) is 0.602. The van der Waals surface area contributed by atoms with Gasteiger partial charge in [-0.3, -0.25) is 4.79 Å². The summed E-state index contributed by atoms with van der Waals surface area (Å²) in [5.74, 6) is -0.217. The summed E-state index contributed by atoms with van der Waals surface area (Å²) in [6.07, 6.45) is 1.03. The fourth-order valence-corrected chi connectivity index (χ4v) is 6.19. The average Bonchev–Trinajstić information content (AvgIpc) is 3.33. The van der Waals surface area contributed by atoms with Crippen LogP contribution < -0.4 is 5.32 Å². The van der Waals surface area contributed by atoms with Crippen LogP contribution in [-0.2, 0) is 14.8 Å². The zero-order valence-electron chi connectivity index (χ0n) is 17.4. The molecule has 1 amide bonds. The summed E-state index contributed by atoms with van der Waals surface area (Å²) in [7, 11) is -3.51. The summed E-state index contributed by atoms with van der Waals surface area (Å²) in [5, 5.41) is 5.22. The second-order valence-corrected chi connectivity index (χ2v) is 10.8. The lowest BCUT2D eigenvalue weighted by atomic mass is 9.95. The molecule has 0 aliphatic carbocycles. The molecule has 1 N–H and O–H groups in total. The largest absolute Gasteiger partial charge is 0.344 e. The van der Waals surface area contributed by atoms with E-state index in [1.165, 1.54) is 9.87 Å². The molecule has 1 aliphatic rings. The molecular weight excluding hydrogens is 428 g/mol. The first-order chi connectivity index (χ1) is 14.9. The van der Waals surface area contributed by atoms with Crippen LogP contribution in [0.2, 0.25) is 0 Å². The van der Waals surface area contributed by atoms with Crippen molar-refractivity contribution in [2.75, 3.05) is 13.1 Å². The second kappa shape index (κ2) is 9.34. The third kappa shape index (κ3) is 4.89. The van der Waals surface area contributed by atoms with E-state index < -0.39 is 10.0 Å². The van der Waals surface area contributed by atoms with E-state index in [9.17, 15) is 13.2 Å². The Kier molecular flexibility index (Phi) is 6.55. The number of rotatable bonds is 6. The summed E-state index contributed by atoms with van der Waals surface area (Å²) >= 11 is 1.62. The Morgan fingerprint density at radius 2 is 1.68 bits per heavy atom. The topological polar surface area (TPSA) is 66.5 Å². The van der Waals surface area contributed by atoms with Gasteiger partial charge in [-0.2, -0.15) is 4.31 Å². The van der Waals surface area contributed by atoms with Gasteiger partial charge in [0.1, 0.15) is 0 Å². The van der Waals surface area contributed by atoms with Crippen molar-refractivity contribution in [2.24, 2.45) is 5.92 Å². The monoisotopic (exact) mass is 454 g/mol. The summed E-state index contributed by atoms with van der Waals surface area (Å²) in [5.41, 5.74) is 2.22. The van der Waals surface area contributed by atoms with Crippen molar-refractivity contribution in [3.63, 3.8) is 0 Å². The van der Waals surface area contributed by atoms with E-state index in [2.05, 4.69) is 29.6 Å². The van der Waals surface area contributed by atoms with Gasteiger partial charge in [-0.05, 0) is 48.9 Å². The number of thiophene rings is 1. The maximum Gasteiger partial charge on any atom is 0.243 e. The zero-order chi connectivity index (χ0) is 21.8. The molecular formula is C24H26N2O3S2. The highest BCUT2D eigenvalue weighted by atomic mass is 32.2. The summed E-state index contributed by atoms with van der Waals surface area (Å²) in [6, 6.07) is 20.5. The van der Waals surface area contributed by atoms with Gasteiger partial charge in [-0.1, -0.05) is 54.1 Å². The van der Waals surface area contributed by atoms with E-state index in [1.54, 1.807) is 41.7 Å². The summed E-state index contributed by atoms with van der Waals surface area (Å²) < 4.78 is 27.2. The minimum atomic E-state index is -3.51. The Labute approximate surface area is 187 Å². The van der Waals surface area contributed by atoms with Crippen molar-refractivity contribution in [3.8, 4) is 0 Å². The molecule has 0 spiro atoms. The molecule has 2 heterocycles. The molecule has 7 heteroatoms. The van der Waals surface area contributed by atoms with Gasteiger partial charge < -0.3 is 5.32 Å². The Morgan fingerprint density at radius 1 is 1.00 bits per heavy atom. The van der Waals surface area contributed by atoms with Crippen molar-refractivity contribution < 1.29 is 13.2 Å². The van der Waals surface area contributed by atoms with E-state index in [0.717, 1.165) is 10.4 Å². The Bertz CT molecular complexity index is 1100. The molecule has 0 saturated carbocycles. The predicted octanol–water partition coefficient (Wildman–Crippen LogP) is 4.36. The van der Waals surface area contributed by atoms with E-state index in [1.807, 2.05) is 24.4 Å². The summed E-state index contributed by atoms with van der Waals surface area (Å²) in [6.45, 7) is 2.74. The average molecular weight is 455 g/mol. The number of nitrogens with one attached hydrogen (secondary N) is 1. The van der Waals surface area contributed by atoms with Crippen molar-refractivity contribution in [1.82, 2.24) is 9.62 Å². The van der Waals surface area contributed by atoms with Crippen LogP contribution >= 0.6 is 11.3 Å². The number of carbonyl (C=O) groups is 1. The number of sulfonamides is 1. The highest BCUT2D eigenvalue weighted by Gasteiger charge is 2.33. The summed E-state index contributed by atoms with van der Waals surface area (Å²) in [4.78, 5) is 14.5. The minimum Gasteiger partial charge on any atom is -0.344 e. The minimum absolute atomic E-state index is 0.0178. The number of amides is 1. The van der Waals surface area contributed by atoms with Gasteiger partial charge in [0.2, 0.25) is 15.9 Å². The van der Waals surface area contributed by atoms with Crippen molar-refractivity contribution >= 4 is 27.3 Å². The first-order valence-corrected chi connectivity index (χ1v) is 12.7. The number of hydrogen-bond donors (Lipinski definition) is 1. The van der Waals surface area contributed by atoms with Crippen LogP contribution in [0.1, 0.15) is 34.9 Å². The number of benzene rings is 2. The van der Waals surface area contributed by atoms with Gasteiger partial charge in [-0.15, -0.1) is 11.3 Å². The van der Waals surface area contributed by atoms with Gasteiger partial charge in [0.15, 0.2) is 0 Å². The van der Waals surface area contributed by atoms with E-state index >= 15 is 0 Å². The van der Waals surface area contributed by atoms with E-state index in [0.29, 0.717) is 30.8 Å². The molecule has 1 atom stereocenters. The van der Waals surface area contributed by atoms with Crippen molar-refractivity contribution in [2.45, 2.75) is 30.7 Å². The van der Waals surface area contributed by atoms with Gasteiger partial charge in [0.25, 0.3) is 0 Å². The van der Waals surface area contributed by atoms with Crippen molar-refractivity contribution in [1.29, 1.82) is 0 Å². The first kappa shape index (κ1) is 21.7. The molecule has 2 aromatic carbocycles. The second-order valence-electron chi connectivity index (χ2n) is 7.86. The highest BCUT2D eigenvalue weighted by molar-refractivity contribution is 7.89. The molecule has 0 radical (unpaired) electrons. The third-order valence-corrected chi connectivity index (χ3v) is 8.58. The van der Waals surface area contributed by atoms with Crippen LogP contribution in [-0.4, -0.2) is 31.7 Å². The highest BCUT2D eigenvalue weighted by Crippen LogP contribution is 2.29. The maximum absolute atomic E-state index is 13.1. The smallest absolute Gasteiger partial charge is 0.243 e. The van der Waals surface area contributed by atoms with E-state index in [-0.39, 0.29) is 17.9 Å². The van der Waals surface area contributed by atoms with Gasteiger partial charge in [-0.25, -0.2) is 8.42 Å². The van der Waals surface area contributed by atoms with Gasteiger partial charge in [0, 0.05) is 23.9 Å². The van der Waals surface area contributed by atoms with Crippen LogP contribution in [0.5, 0.6) is 0 Å². The lowest BCUT2D eigenvalue weighted by molar-refractivity contribution is -0.126. The van der Waals surface area contributed by atoms with Crippen LogP contribution in [0.3, 0.4) is 0 Å². The standard InChI is InChI=1S/C24H26N2O3S2/c1-18-9-11-19(12-10-18)23(22-8-5-17-30-22)25-24(27)20-13-15-26(16-14-20)31(28,29)21-6-3-2-4-7-21/h2-12,17,20,23H,13-16H2,1H3,(H,25,27). The number of aryl methyl sites for hydroxylation is 1. The Morgan fingerprint density at radius 3 is 2.29 bits per heavy atom. The third-order valence-electron chi connectivity index (χ3n) is 5.73. The molecule has 3 aromatic rings. The SMILES string of the molecule is Cc1ccc(C(NC(=O)C2CCN(S(=O)(=O)c3ccccc3)CC2)c2cccs2)cc1. The van der Waals surface area contributed by atoms with Crippen LogP contribution in [0, 0.1) is 12.8 Å². The molecule has 0 bridgehead atoms. The molecule has 1 aromatic heterocycles. The fraction of sp³-hybridized carbons (Fsp3) is 0.292. The molecule has 31 heavy (non-hydrogen) atoms.